The summed E-state index contributed by atoms with van der Waals surface area (Å²) in [5, 5.41) is 11.5. The monoisotopic (exact) mass is 226 g/mol. The Kier molecular flexibility index (Phi) is 2.14. The molecule has 3 aromatic rings. The highest BCUT2D eigenvalue weighted by Gasteiger charge is 2.10. The molecule has 0 radical (unpaired) electrons. The molecule has 1 aromatic carbocycles. The molecule has 4 nitrogen and oxygen atoms in total. The number of aryl methyl sites for hydroxylation is 1. The molecule has 2 aromatic heterocycles. The van der Waals surface area contributed by atoms with Crippen LogP contribution in [0.1, 0.15) is 0 Å². The molecule has 0 aliphatic carbocycles. The minimum absolute atomic E-state index is 0.855. The van der Waals surface area contributed by atoms with Gasteiger partial charge in [0.05, 0.1) is 5.69 Å². The average molecular weight is 226 g/mol. The Morgan fingerprint density at radius 1 is 1.29 bits per heavy atom. The van der Waals surface area contributed by atoms with Gasteiger partial charge in [0, 0.05) is 42.8 Å². The Labute approximate surface area is 99.3 Å². The fourth-order valence-electron chi connectivity index (χ4n) is 2.14. The van der Waals surface area contributed by atoms with Crippen LogP contribution in [0.25, 0.3) is 22.2 Å². The Morgan fingerprint density at radius 3 is 2.88 bits per heavy atom. The van der Waals surface area contributed by atoms with Crippen LogP contribution in [-0.4, -0.2) is 21.8 Å². The number of para-hydroxylation sites is 1. The van der Waals surface area contributed by atoms with Crippen molar-refractivity contribution in [2.45, 2.75) is 0 Å². The van der Waals surface area contributed by atoms with Crippen LogP contribution in [0.15, 0.2) is 36.5 Å². The summed E-state index contributed by atoms with van der Waals surface area (Å²) in [5.41, 5.74) is 3.44. The highest BCUT2D eigenvalue weighted by atomic mass is 15.2. The van der Waals surface area contributed by atoms with Crippen molar-refractivity contribution in [1.82, 2.24) is 14.8 Å². The molecule has 0 unspecified atom stereocenters. The first-order valence-corrected chi connectivity index (χ1v) is 5.57. The molecule has 0 bridgehead atoms. The number of nitrogens with zero attached hydrogens (tertiary/aromatic N) is 2. The van der Waals surface area contributed by atoms with Gasteiger partial charge in [-0.25, -0.2) is 0 Å². The smallest absolute Gasteiger partial charge is 0.148 e. The minimum atomic E-state index is 0.855. The molecule has 0 spiro atoms. The highest BCUT2D eigenvalue weighted by Crippen LogP contribution is 2.29. The number of H-pyrrole nitrogens is 1. The quantitative estimate of drug-likeness (QED) is 0.705. The lowest BCUT2D eigenvalue weighted by Gasteiger charge is -1.94. The maximum atomic E-state index is 4.18. The molecule has 2 N–H and O–H groups in total. The van der Waals surface area contributed by atoms with Gasteiger partial charge >= 0.3 is 0 Å². The lowest BCUT2D eigenvalue weighted by Crippen LogP contribution is -1.85. The molecule has 3 rings (SSSR count). The molecule has 0 saturated carbocycles. The predicted octanol–water partition coefficient (Wildman–Crippen LogP) is 2.61. The molecular formula is C13H14N4. The summed E-state index contributed by atoms with van der Waals surface area (Å²) < 4.78 is 2.13. The zero-order valence-corrected chi connectivity index (χ0v) is 9.86. The fourth-order valence-corrected chi connectivity index (χ4v) is 2.14. The summed E-state index contributed by atoms with van der Waals surface area (Å²) in [5.74, 6) is 0.855. The number of fused-ring (bicyclic) bond motifs is 1. The van der Waals surface area contributed by atoms with Gasteiger partial charge in [-0.2, -0.15) is 5.10 Å². The van der Waals surface area contributed by atoms with Crippen molar-refractivity contribution in [2.75, 3.05) is 12.4 Å². The Hall–Kier alpha value is -2.23. The van der Waals surface area contributed by atoms with E-state index in [1.165, 1.54) is 16.5 Å². The second-order valence-electron chi connectivity index (χ2n) is 4.09. The van der Waals surface area contributed by atoms with Gasteiger partial charge in [-0.3, -0.25) is 5.10 Å². The molecular weight excluding hydrogens is 212 g/mol. The molecule has 4 heteroatoms. The third-order valence-electron chi connectivity index (χ3n) is 3.02. The zero-order chi connectivity index (χ0) is 11.8. The summed E-state index contributed by atoms with van der Waals surface area (Å²) in [6.45, 7) is 0. The van der Waals surface area contributed by atoms with Crippen molar-refractivity contribution in [3.05, 3.63) is 36.5 Å². The van der Waals surface area contributed by atoms with E-state index in [0.717, 1.165) is 11.5 Å². The van der Waals surface area contributed by atoms with E-state index in [2.05, 4.69) is 57.6 Å². The lowest BCUT2D eigenvalue weighted by molar-refractivity contribution is 0.969. The topological polar surface area (TPSA) is 45.6 Å². The van der Waals surface area contributed by atoms with E-state index in [1.54, 1.807) is 0 Å². The van der Waals surface area contributed by atoms with Crippen LogP contribution in [0.2, 0.25) is 0 Å². The van der Waals surface area contributed by atoms with Crippen molar-refractivity contribution in [3.8, 4) is 11.3 Å². The van der Waals surface area contributed by atoms with Crippen LogP contribution < -0.4 is 5.32 Å². The summed E-state index contributed by atoms with van der Waals surface area (Å²) in [6, 6.07) is 10.4. The Bertz CT molecular complexity index is 663. The van der Waals surface area contributed by atoms with Crippen molar-refractivity contribution in [3.63, 3.8) is 0 Å². The van der Waals surface area contributed by atoms with Gasteiger partial charge in [0.25, 0.3) is 0 Å². The first-order chi connectivity index (χ1) is 8.29. The number of hydrogen-bond donors (Lipinski definition) is 2. The first kappa shape index (κ1) is 9.96. The molecule has 0 saturated heterocycles. The average Bonchev–Trinajstić information content (AvgIpc) is 2.95. The van der Waals surface area contributed by atoms with Gasteiger partial charge in [0.2, 0.25) is 0 Å². The lowest BCUT2D eigenvalue weighted by atomic mass is 10.1. The highest BCUT2D eigenvalue weighted by molar-refractivity contribution is 5.95. The fraction of sp³-hybridized carbons (Fsp3) is 0.154. The second kappa shape index (κ2) is 3.66. The molecule has 0 aliphatic heterocycles. The van der Waals surface area contributed by atoms with E-state index in [-0.39, 0.29) is 0 Å². The van der Waals surface area contributed by atoms with Crippen LogP contribution in [0, 0.1) is 0 Å². The third kappa shape index (κ3) is 1.49. The molecule has 0 fully saturated rings. The van der Waals surface area contributed by atoms with Crippen LogP contribution in [0.3, 0.4) is 0 Å². The molecule has 17 heavy (non-hydrogen) atoms. The van der Waals surface area contributed by atoms with Crippen LogP contribution in [0.5, 0.6) is 0 Å². The standard InChI is InChI=1S/C13H14N4/c1-14-13-7-11(15-16-13)10-8-17(2)12-6-4-3-5-9(10)12/h3-8H,1-2H3,(H2,14,15,16). The summed E-state index contributed by atoms with van der Waals surface area (Å²) in [4.78, 5) is 0. The summed E-state index contributed by atoms with van der Waals surface area (Å²) >= 11 is 0. The van der Waals surface area contributed by atoms with Gasteiger partial charge in [-0.1, -0.05) is 18.2 Å². The van der Waals surface area contributed by atoms with E-state index >= 15 is 0 Å². The van der Waals surface area contributed by atoms with E-state index in [1.807, 2.05) is 13.1 Å². The number of nitrogens with one attached hydrogen (secondary N) is 2. The van der Waals surface area contributed by atoms with E-state index in [9.17, 15) is 0 Å². The van der Waals surface area contributed by atoms with Gasteiger partial charge in [0.15, 0.2) is 0 Å². The normalized spacial score (nSPS) is 10.9. The Morgan fingerprint density at radius 2 is 2.12 bits per heavy atom. The maximum absolute atomic E-state index is 4.18. The van der Waals surface area contributed by atoms with Crippen molar-refractivity contribution in [1.29, 1.82) is 0 Å². The number of aromatic amines is 1. The second-order valence-corrected chi connectivity index (χ2v) is 4.09. The largest absolute Gasteiger partial charge is 0.372 e. The van der Waals surface area contributed by atoms with Gasteiger partial charge in [-0.15, -0.1) is 0 Å². The van der Waals surface area contributed by atoms with E-state index < -0.39 is 0 Å². The summed E-state index contributed by atoms with van der Waals surface area (Å²) in [7, 11) is 3.92. The zero-order valence-electron chi connectivity index (χ0n) is 9.86. The first-order valence-electron chi connectivity index (χ1n) is 5.57. The Balaban J connectivity index is 2.23. The maximum Gasteiger partial charge on any atom is 0.148 e. The third-order valence-corrected chi connectivity index (χ3v) is 3.02. The van der Waals surface area contributed by atoms with Gasteiger partial charge in [0.1, 0.15) is 5.82 Å². The SMILES string of the molecule is CNc1cc(-c2cn(C)c3ccccc23)[nH]n1. The van der Waals surface area contributed by atoms with E-state index in [0.29, 0.717) is 0 Å². The summed E-state index contributed by atoms with van der Waals surface area (Å²) in [6.07, 6.45) is 2.12. The minimum Gasteiger partial charge on any atom is -0.372 e. The molecule has 2 heterocycles. The number of benzene rings is 1. The van der Waals surface area contributed by atoms with Gasteiger partial charge in [-0.05, 0) is 6.07 Å². The van der Waals surface area contributed by atoms with Crippen LogP contribution >= 0.6 is 0 Å². The molecule has 0 atom stereocenters. The molecule has 86 valence electrons. The number of hydrogen-bond acceptors (Lipinski definition) is 2. The number of anilines is 1. The van der Waals surface area contributed by atoms with Crippen LogP contribution in [0.4, 0.5) is 5.82 Å². The van der Waals surface area contributed by atoms with Crippen molar-refractivity contribution in [2.24, 2.45) is 7.05 Å². The van der Waals surface area contributed by atoms with Crippen molar-refractivity contribution < 1.29 is 0 Å². The number of aromatic nitrogens is 3. The van der Waals surface area contributed by atoms with Crippen molar-refractivity contribution >= 4 is 16.7 Å². The molecule has 0 amide bonds. The number of rotatable bonds is 2. The van der Waals surface area contributed by atoms with Gasteiger partial charge < -0.3 is 9.88 Å². The van der Waals surface area contributed by atoms with E-state index in [4.69, 9.17) is 0 Å². The molecule has 0 aliphatic rings. The van der Waals surface area contributed by atoms with Crippen LogP contribution in [-0.2, 0) is 7.05 Å². The predicted molar refractivity (Wildman–Crippen MR) is 70.0 cm³/mol.